The third-order valence-corrected chi connectivity index (χ3v) is 1.87. The molecule has 0 radical (unpaired) electrons. The van der Waals surface area contributed by atoms with E-state index >= 15 is 0 Å². The number of carbonyl (C=O) groups is 4. The molecule has 0 spiro atoms. The minimum Gasteiger partial charge on any atom is -0.481 e. The van der Waals surface area contributed by atoms with Gasteiger partial charge in [-0.15, -0.1) is 0 Å². The van der Waals surface area contributed by atoms with Gasteiger partial charge in [0.1, 0.15) is 0 Å². The lowest BCUT2D eigenvalue weighted by Crippen LogP contribution is -2.18. The fourth-order valence-corrected chi connectivity index (χ4v) is 1.00. The third kappa shape index (κ3) is 9.32. The molecule has 7 nitrogen and oxygen atoms in total. The highest BCUT2D eigenvalue weighted by Crippen LogP contribution is 1.96. The second-order valence-corrected chi connectivity index (χ2v) is 3.59. The van der Waals surface area contributed by atoms with Crippen LogP contribution in [0.4, 0.5) is 0 Å². The number of amides is 2. The molecule has 0 atom stereocenters. The molecule has 2 N–H and O–H groups in total. The average Bonchev–Trinajstić information content (AvgIpc) is 2.68. The molecule has 0 bridgehead atoms. The van der Waals surface area contributed by atoms with Crippen LogP contribution in [0.1, 0.15) is 39.0 Å². The van der Waals surface area contributed by atoms with Gasteiger partial charge >= 0.3 is 11.9 Å². The van der Waals surface area contributed by atoms with Crippen molar-refractivity contribution in [2.75, 3.05) is 6.61 Å². The van der Waals surface area contributed by atoms with Gasteiger partial charge < -0.3 is 9.84 Å². The van der Waals surface area contributed by atoms with E-state index in [4.69, 9.17) is 5.11 Å². The summed E-state index contributed by atoms with van der Waals surface area (Å²) in [5.74, 6) is -1.71. The largest absolute Gasteiger partial charge is 0.481 e. The molecule has 102 valence electrons. The number of imide groups is 1. The number of nitrogens with one attached hydrogen (secondary N) is 1. The van der Waals surface area contributed by atoms with Crippen LogP contribution < -0.4 is 5.32 Å². The van der Waals surface area contributed by atoms with Crippen LogP contribution in [0.25, 0.3) is 0 Å². The highest BCUT2D eigenvalue weighted by Gasteiger charge is 2.15. The maximum Gasteiger partial charge on any atom is 0.306 e. The molecule has 0 aromatic rings. The van der Waals surface area contributed by atoms with Gasteiger partial charge in [-0.3, -0.25) is 24.5 Å². The SMILES string of the molecule is CCCOC(=O)CCC(=O)O.O=C1CCC(=O)N1. The van der Waals surface area contributed by atoms with E-state index in [0.29, 0.717) is 19.4 Å². The first-order valence-electron chi connectivity index (χ1n) is 5.65. The molecule has 1 aliphatic rings. The number of esters is 1. The van der Waals surface area contributed by atoms with Crippen molar-refractivity contribution in [1.82, 2.24) is 5.32 Å². The van der Waals surface area contributed by atoms with E-state index in [9.17, 15) is 19.2 Å². The molecule has 0 unspecified atom stereocenters. The van der Waals surface area contributed by atoms with Crippen molar-refractivity contribution in [3.05, 3.63) is 0 Å². The third-order valence-electron chi connectivity index (χ3n) is 1.87. The lowest BCUT2D eigenvalue weighted by atomic mass is 10.3. The molecule has 1 heterocycles. The Balaban J connectivity index is 0.000000351. The number of hydrogen-bond donors (Lipinski definition) is 2. The molecule has 1 rings (SSSR count). The van der Waals surface area contributed by atoms with E-state index in [2.05, 4.69) is 10.1 Å². The Morgan fingerprint density at radius 2 is 1.78 bits per heavy atom. The van der Waals surface area contributed by atoms with Gasteiger partial charge in [0.15, 0.2) is 0 Å². The zero-order chi connectivity index (χ0) is 14.0. The molecule has 0 aromatic carbocycles. The van der Waals surface area contributed by atoms with E-state index in [1.54, 1.807) is 0 Å². The Kier molecular flexibility index (Phi) is 8.17. The quantitative estimate of drug-likeness (QED) is 0.540. The summed E-state index contributed by atoms with van der Waals surface area (Å²) in [6, 6.07) is 0. The van der Waals surface area contributed by atoms with Gasteiger partial charge in [-0.2, -0.15) is 0 Å². The summed E-state index contributed by atoms with van der Waals surface area (Å²) < 4.78 is 4.64. The maximum atomic E-state index is 10.6. The molecule has 0 aliphatic carbocycles. The number of hydrogen-bond acceptors (Lipinski definition) is 5. The topological polar surface area (TPSA) is 110 Å². The second kappa shape index (κ2) is 9.15. The van der Waals surface area contributed by atoms with Gasteiger partial charge in [-0.05, 0) is 6.42 Å². The lowest BCUT2D eigenvalue weighted by molar-refractivity contribution is -0.147. The molecule has 1 saturated heterocycles. The van der Waals surface area contributed by atoms with Gasteiger partial charge in [0.2, 0.25) is 11.8 Å². The highest BCUT2D eigenvalue weighted by molar-refractivity contribution is 6.01. The smallest absolute Gasteiger partial charge is 0.306 e. The summed E-state index contributed by atoms with van der Waals surface area (Å²) in [6.45, 7) is 2.25. The van der Waals surface area contributed by atoms with Gasteiger partial charge in [-0.25, -0.2) is 0 Å². The zero-order valence-corrected chi connectivity index (χ0v) is 10.2. The van der Waals surface area contributed by atoms with Crippen molar-refractivity contribution in [2.24, 2.45) is 0 Å². The predicted molar refractivity (Wildman–Crippen MR) is 60.5 cm³/mol. The molecular weight excluding hydrogens is 242 g/mol. The molecule has 1 aliphatic heterocycles. The number of carboxylic acids is 1. The van der Waals surface area contributed by atoms with Gasteiger partial charge in [-0.1, -0.05) is 6.92 Å². The molecule has 1 fully saturated rings. The molecule has 0 saturated carbocycles. The Bertz CT molecular complexity index is 311. The Labute approximate surface area is 104 Å². The van der Waals surface area contributed by atoms with Crippen molar-refractivity contribution in [2.45, 2.75) is 39.0 Å². The fourth-order valence-electron chi connectivity index (χ4n) is 1.00. The van der Waals surface area contributed by atoms with Crippen LogP contribution in [-0.2, 0) is 23.9 Å². The van der Waals surface area contributed by atoms with Crippen molar-refractivity contribution in [1.29, 1.82) is 0 Å². The monoisotopic (exact) mass is 259 g/mol. The summed E-state index contributed by atoms with van der Waals surface area (Å²) in [5.41, 5.74) is 0. The summed E-state index contributed by atoms with van der Waals surface area (Å²) in [7, 11) is 0. The van der Waals surface area contributed by atoms with E-state index in [0.717, 1.165) is 6.42 Å². The summed E-state index contributed by atoms with van der Waals surface area (Å²) in [6.07, 6.45) is 1.33. The lowest BCUT2D eigenvalue weighted by Gasteiger charge is -1.99. The van der Waals surface area contributed by atoms with E-state index in [1.165, 1.54) is 0 Å². The number of ether oxygens (including phenoxy) is 1. The molecule has 7 heteroatoms. The van der Waals surface area contributed by atoms with Crippen LogP contribution in [0.15, 0.2) is 0 Å². The molecule has 18 heavy (non-hydrogen) atoms. The fraction of sp³-hybridized carbons (Fsp3) is 0.636. The van der Waals surface area contributed by atoms with E-state index < -0.39 is 11.9 Å². The molecule has 2 amide bonds. The number of carbonyl (C=O) groups excluding carboxylic acids is 3. The number of aliphatic carboxylic acids is 1. The van der Waals surface area contributed by atoms with Crippen LogP contribution >= 0.6 is 0 Å². The Morgan fingerprint density at radius 3 is 2.11 bits per heavy atom. The average molecular weight is 259 g/mol. The van der Waals surface area contributed by atoms with Crippen LogP contribution in [0.5, 0.6) is 0 Å². The van der Waals surface area contributed by atoms with E-state index in [1.807, 2.05) is 6.92 Å². The first-order valence-corrected chi connectivity index (χ1v) is 5.65. The molecular formula is C11H17NO6. The van der Waals surface area contributed by atoms with Crippen LogP contribution in [-0.4, -0.2) is 35.5 Å². The first kappa shape index (κ1) is 16.1. The standard InChI is InChI=1S/C7H12O4.C4H5NO2/c1-2-5-11-7(10)4-3-6(8)9;6-3-1-2-4(7)5-3/h2-5H2,1H3,(H,8,9);1-2H2,(H,5,6,7). The summed E-state index contributed by atoms with van der Waals surface area (Å²) >= 11 is 0. The van der Waals surface area contributed by atoms with Gasteiger partial charge in [0.05, 0.1) is 19.4 Å². The van der Waals surface area contributed by atoms with E-state index in [-0.39, 0.29) is 24.7 Å². The number of rotatable bonds is 5. The van der Waals surface area contributed by atoms with Crippen molar-refractivity contribution in [3.8, 4) is 0 Å². The van der Waals surface area contributed by atoms with Crippen LogP contribution in [0.3, 0.4) is 0 Å². The zero-order valence-electron chi connectivity index (χ0n) is 10.2. The first-order chi connectivity index (χ1) is 8.45. The van der Waals surface area contributed by atoms with Crippen molar-refractivity contribution in [3.63, 3.8) is 0 Å². The number of carboxylic acid groups (broad SMARTS) is 1. The molecule has 0 aromatic heterocycles. The highest BCUT2D eigenvalue weighted by atomic mass is 16.5. The summed E-state index contributed by atoms with van der Waals surface area (Å²) in [4.78, 5) is 40.8. The summed E-state index contributed by atoms with van der Waals surface area (Å²) in [5, 5.41) is 10.3. The van der Waals surface area contributed by atoms with Crippen LogP contribution in [0, 0.1) is 0 Å². The van der Waals surface area contributed by atoms with Crippen molar-refractivity contribution >= 4 is 23.8 Å². The van der Waals surface area contributed by atoms with Crippen molar-refractivity contribution < 1.29 is 29.0 Å². The predicted octanol–water partition coefficient (Wildman–Crippen LogP) is 0.227. The second-order valence-electron chi connectivity index (χ2n) is 3.59. The minimum atomic E-state index is -0.974. The Hall–Kier alpha value is -1.92. The van der Waals surface area contributed by atoms with Crippen LogP contribution in [0.2, 0.25) is 0 Å². The Morgan fingerprint density at radius 1 is 1.22 bits per heavy atom. The minimum absolute atomic E-state index is 0.0324. The normalized spacial score (nSPS) is 13.4. The van der Waals surface area contributed by atoms with Gasteiger partial charge in [0, 0.05) is 12.8 Å². The van der Waals surface area contributed by atoms with Gasteiger partial charge in [0.25, 0.3) is 0 Å². The maximum absolute atomic E-state index is 10.6.